The van der Waals surface area contributed by atoms with E-state index in [0.717, 1.165) is 57.8 Å². The predicted octanol–water partition coefficient (Wildman–Crippen LogP) is 9.06. The van der Waals surface area contributed by atoms with E-state index in [1.54, 1.807) is 0 Å². The first kappa shape index (κ1) is 55.6. The fraction of sp³-hybridized carbons (Fsp3) is 0.911. The van der Waals surface area contributed by atoms with Crippen molar-refractivity contribution in [3.05, 3.63) is 12.2 Å². The van der Waals surface area contributed by atoms with Gasteiger partial charge in [0.2, 0.25) is 0 Å². The first-order valence-electron chi connectivity index (χ1n) is 23.5. The lowest BCUT2D eigenvalue weighted by atomic mass is 9.85. The molecule has 59 heavy (non-hydrogen) atoms. The molecule has 1 saturated carbocycles. The number of esters is 2. The SMILES string of the molecule is CCCCCCCC/C=C/CCCCCCCC(=O)O[C@H](COC(=O)CCCCCCCCCCCCCCCCC)COP(=O)(O)OC1[C@@H](O)[C@H](O)C(O)[C@H](O)[C@@H]1O. The molecule has 0 aromatic carbocycles. The molecule has 0 heterocycles. The van der Waals surface area contributed by atoms with E-state index in [0.29, 0.717) is 12.8 Å². The van der Waals surface area contributed by atoms with Gasteiger partial charge in [-0.15, -0.1) is 0 Å². The number of rotatable bonds is 39. The zero-order valence-corrected chi connectivity index (χ0v) is 37.7. The highest BCUT2D eigenvalue weighted by Crippen LogP contribution is 2.47. The van der Waals surface area contributed by atoms with Crippen molar-refractivity contribution in [2.75, 3.05) is 13.2 Å². The van der Waals surface area contributed by atoms with E-state index in [-0.39, 0.29) is 12.8 Å². The first-order valence-corrected chi connectivity index (χ1v) is 25.0. The second-order valence-corrected chi connectivity index (χ2v) is 18.0. The number of ether oxygens (including phenoxy) is 2. The van der Waals surface area contributed by atoms with Crippen molar-refractivity contribution in [1.82, 2.24) is 0 Å². The summed E-state index contributed by atoms with van der Waals surface area (Å²) in [6, 6.07) is 0. The van der Waals surface area contributed by atoms with E-state index in [1.807, 2.05) is 0 Å². The Hall–Kier alpha value is -1.41. The maximum atomic E-state index is 12.8. The summed E-state index contributed by atoms with van der Waals surface area (Å²) in [7, 11) is -5.11. The van der Waals surface area contributed by atoms with Gasteiger partial charge in [-0.3, -0.25) is 18.6 Å². The quantitative estimate of drug-likeness (QED) is 0.0148. The molecule has 0 aromatic rings. The molecule has 0 aliphatic heterocycles. The third-order valence-corrected chi connectivity index (χ3v) is 12.1. The zero-order valence-electron chi connectivity index (χ0n) is 36.8. The Kier molecular flexibility index (Phi) is 34.0. The Morgan fingerprint density at radius 1 is 0.508 bits per heavy atom. The summed E-state index contributed by atoms with van der Waals surface area (Å²) in [5.74, 6) is -1.10. The van der Waals surface area contributed by atoms with Crippen LogP contribution in [0.2, 0.25) is 0 Å². The number of allylic oxidation sites excluding steroid dienone is 2. The zero-order chi connectivity index (χ0) is 43.6. The highest BCUT2D eigenvalue weighted by atomic mass is 31.2. The molecule has 0 bridgehead atoms. The first-order chi connectivity index (χ1) is 28.4. The maximum Gasteiger partial charge on any atom is 0.472 e. The normalized spacial score (nSPS) is 22.4. The number of hydrogen-bond acceptors (Lipinski definition) is 12. The molecule has 1 aliphatic rings. The number of carbonyl (C=O) groups is 2. The van der Waals surface area contributed by atoms with Crippen molar-refractivity contribution in [2.24, 2.45) is 0 Å². The molecule has 0 radical (unpaired) electrons. The van der Waals surface area contributed by atoms with Crippen molar-refractivity contribution >= 4 is 19.8 Å². The van der Waals surface area contributed by atoms with Crippen LogP contribution in [0.3, 0.4) is 0 Å². The molecule has 1 aliphatic carbocycles. The summed E-state index contributed by atoms with van der Waals surface area (Å²) >= 11 is 0. The molecule has 8 atom stereocenters. The van der Waals surface area contributed by atoms with E-state index in [2.05, 4.69) is 26.0 Å². The average molecular weight is 865 g/mol. The molecule has 13 nitrogen and oxygen atoms in total. The summed E-state index contributed by atoms with van der Waals surface area (Å²) in [5, 5.41) is 50.1. The molecule has 348 valence electrons. The van der Waals surface area contributed by atoms with Gasteiger partial charge in [-0.05, 0) is 38.5 Å². The van der Waals surface area contributed by atoms with Gasteiger partial charge in [0.15, 0.2) is 6.10 Å². The van der Waals surface area contributed by atoms with Crippen molar-refractivity contribution < 1.29 is 63.1 Å². The van der Waals surface area contributed by atoms with Gasteiger partial charge in [0.1, 0.15) is 43.2 Å². The van der Waals surface area contributed by atoms with Crippen LogP contribution in [0.25, 0.3) is 0 Å². The van der Waals surface area contributed by atoms with Gasteiger partial charge < -0.3 is 39.9 Å². The highest BCUT2D eigenvalue weighted by Gasteiger charge is 2.51. The minimum absolute atomic E-state index is 0.0909. The van der Waals surface area contributed by atoms with Crippen LogP contribution < -0.4 is 0 Å². The van der Waals surface area contributed by atoms with Crippen LogP contribution in [0.15, 0.2) is 12.2 Å². The summed E-state index contributed by atoms with van der Waals surface area (Å²) in [6.45, 7) is 3.30. The highest BCUT2D eigenvalue weighted by molar-refractivity contribution is 7.47. The second-order valence-electron chi connectivity index (χ2n) is 16.6. The predicted molar refractivity (Wildman–Crippen MR) is 231 cm³/mol. The van der Waals surface area contributed by atoms with Crippen LogP contribution in [-0.4, -0.2) is 98.3 Å². The van der Waals surface area contributed by atoms with Crippen molar-refractivity contribution in [3.8, 4) is 0 Å². The van der Waals surface area contributed by atoms with Crippen molar-refractivity contribution in [1.29, 1.82) is 0 Å². The van der Waals surface area contributed by atoms with Crippen LogP contribution in [0.5, 0.6) is 0 Å². The number of phosphoric acid groups is 1. The standard InChI is InChI=1S/C45H85O13P/c1-3-5-7-9-11-13-15-17-19-21-23-25-27-29-31-33-38(46)55-35-37(36-56-59(53,54)58-45-43(51)41(49)40(48)42(50)44(45)52)57-39(47)34-32-30-28-26-24-22-20-18-16-14-12-10-8-6-4-2/h18,20,37,40-45,48-52H,3-17,19,21-36H2,1-2H3,(H,53,54)/b20-18+/t37-,40?,41-,42+,43+,44+,45?/m1/s1. The van der Waals surface area contributed by atoms with Gasteiger partial charge in [-0.1, -0.05) is 167 Å². The van der Waals surface area contributed by atoms with E-state index < -0.39 is 75.7 Å². The number of unbranched alkanes of at least 4 members (excludes halogenated alkanes) is 25. The topological polar surface area (TPSA) is 210 Å². The minimum Gasteiger partial charge on any atom is -0.462 e. The molecule has 1 rings (SSSR count). The molecule has 1 fully saturated rings. The molecule has 3 unspecified atom stereocenters. The minimum atomic E-state index is -5.11. The molecule has 6 N–H and O–H groups in total. The maximum absolute atomic E-state index is 12.8. The second kappa shape index (κ2) is 36.1. The molecule has 0 aromatic heterocycles. The summed E-state index contributed by atoms with van der Waals surface area (Å²) in [6.07, 6.45) is 24.1. The van der Waals surface area contributed by atoms with Crippen LogP contribution >= 0.6 is 7.82 Å². The summed E-state index contributed by atoms with van der Waals surface area (Å²) < 4.78 is 33.5. The molecule has 14 heteroatoms. The molecule has 0 amide bonds. The van der Waals surface area contributed by atoms with Gasteiger partial charge in [0.25, 0.3) is 0 Å². The smallest absolute Gasteiger partial charge is 0.462 e. The van der Waals surface area contributed by atoms with E-state index >= 15 is 0 Å². The lowest BCUT2D eigenvalue weighted by molar-refractivity contribution is -0.220. The van der Waals surface area contributed by atoms with Gasteiger partial charge in [0, 0.05) is 12.8 Å². The molecule has 0 saturated heterocycles. The van der Waals surface area contributed by atoms with Crippen molar-refractivity contribution in [3.63, 3.8) is 0 Å². The summed E-state index contributed by atoms with van der Waals surface area (Å²) in [5.41, 5.74) is 0. The van der Waals surface area contributed by atoms with E-state index in [1.165, 1.54) is 109 Å². The number of aliphatic hydroxyl groups is 5. The Bertz CT molecular complexity index is 1090. The molecular weight excluding hydrogens is 779 g/mol. The molecular formula is C45H85O13P. The summed E-state index contributed by atoms with van der Waals surface area (Å²) in [4.78, 5) is 35.7. The monoisotopic (exact) mass is 865 g/mol. The average Bonchev–Trinajstić information content (AvgIpc) is 3.21. The number of aliphatic hydroxyl groups excluding tert-OH is 5. The van der Waals surface area contributed by atoms with Gasteiger partial charge >= 0.3 is 19.8 Å². The Labute approximate surface area is 356 Å². The van der Waals surface area contributed by atoms with Gasteiger partial charge in [0.05, 0.1) is 6.61 Å². The third-order valence-electron chi connectivity index (χ3n) is 11.1. The Morgan fingerprint density at radius 3 is 1.29 bits per heavy atom. The van der Waals surface area contributed by atoms with Crippen LogP contribution in [0.1, 0.15) is 206 Å². The van der Waals surface area contributed by atoms with Gasteiger partial charge in [-0.2, -0.15) is 0 Å². The van der Waals surface area contributed by atoms with E-state index in [4.69, 9.17) is 18.5 Å². The number of phosphoric ester groups is 1. The van der Waals surface area contributed by atoms with Crippen LogP contribution in [0, 0.1) is 0 Å². The molecule has 0 spiro atoms. The Morgan fingerprint density at radius 2 is 0.864 bits per heavy atom. The largest absolute Gasteiger partial charge is 0.472 e. The van der Waals surface area contributed by atoms with Gasteiger partial charge in [-0.25, -0.2) is 4.57 Å². The number of carbonyl (C=O) groups excluding carboxylic acids is 2. The lowest BCUT2D eigenvalue weighted by Crippen LogP contribution is -2.64. The Balaban J connectivity index is 2.45. The fourth-order valence-electron chi connectivity index (χ4n) is 7.28. The third kappa shape index (κ3) is 28.7. The van der Waals surface area contributed by atoms with E-state index in [9.17, 15) is 44.6 Å². The van der Waals surface area contributed by atoms with Crippen LogP contribution in [0.4, 0.5) is 0 Å². The fourth-order valence-corrected chi connectivity index (χ4v) is 8.26. The van der Waals surface area contributed by atoms with Crippen molar-refractivity contribution in [2.45, 2.75) is 249 Å². The van der Waals surface area contributed by atoms with Crippen LogP contribution in [-0.2, 0) is 32.7 Å². The number of hydrogen-bond donors (Lipinski definition) is 6. The lowest BCUT2D eigenvalue weighted by Gasteiger charge is -2.41.